The molecule has 0 aliphatic carbocycles. The second-order valence-electron chi connectivity index (χ2n) is 2.39. The van der Waals surface area contributed by atoms with Crippen molar-refractivity contribution in [1.82, 2.24) is 0 Å². The molecule has 0 aliphatic rings. The van der Waals surface area contributed by atoms with Crippen LogP contribution in [0, 0.1) is 34.2 Å². The van der Waals surface area contributed by atoms with Crippen molar-refractivity contribution in [2.24, 2.45) is 11.5 Å². The molecule has 0 spiro atoms. The Morgan fingerprint density at radius 3 is 0.909 bits per heavy atom. The fraction of sp³-hybridized carbons (Fsp3) is 0.182. The number of carboxylic acid groups (broad SMARTS) is 4. The van der Waals surface area contributed by atoms with Gasteiger partial charge in [0.05, 0.1) is 0 Å². The first-order chi connectivity index (χ1) is 9.34. The van der Waals surface area contributed by atoms with Crippen molar-refractivity contribution in [3.8, 4) is 0 Å². The summed E-state index contributed by atoms with van der Waals surface area (Å²) in [7, 11) is 0. The standard InChI is InChI=1S/C3H9N2.4C2H3O2.Fe/c4-2-1-3-5;4*1-2(3)4;/h2H,1,3-5H2;4*1H2,(H,3,4);/q5*-1;+5. The smallest absolute Gasteiger partial charge is 0.503 e. The number of hydrogen-bond donors (Lipinski definition) is 6. The van der Waals surface area contributed by atoms with Crippen molar-refractivity contribution in [2.75, 3.05) is 6.54 Å². The third kappa shape index (κ3) is 125000. The molecular formula is C11H21FeN2O8. The van der Waals surface area contributed by atoms with Crippen LogP contribution in [-0.4, -0.2) is 50.8 Å². The molecule has 0 fully saturated rings. The van der Waals surface area contributed by atoms with Crippen molar-refractivity contribution in [3.05, 3.63) is 34.2 Å². The molecule has 0 saturated carbocycles. The maximum absolute atomic E-state index is 8.89. The molecule has 10 nitrogen and oxygen atoms in total. The van der Waals surface area contributed by atoms with E-state index >= 15 is 0 Å². The van der Waals surface area contributed by atoms with Crippen LogP contribution in [0.15, 0.2) is 0 Å². The molecule has 0 bridgehead atoms. The molecule has 11 heteroatoms. The summed E-state index contributed by atoms with van der Waals surface area (Å²) in [6, 6.07) is 0. The SMILES string of the molecule is N[CH-]CCN.[CH2-]C(=O)O.[CH2-]C(=O)O.[CH2-]C(=O)O.[CH2-]C(=O)O.[Fe+5]. The first kappa shape index (κ1) is 36.7. The molecule has 22 heavy (non-hydrogen) atoms. The van der Waals surface area contributed by atoms with Crippen LogP contribution in [0.3, 0.4) is 0 Å². The zero-order chi connectivity index (χ0) is 18.4. The number of carbonyl (C=O) groups is 4. The van der Waals surface area contributed by atoms with Gasteiger partial charge in [-0.05, 0) is 6.54 Å². The second-order valence-corrected chi connectivity index (χ2v) is 2.39. The van der Waals surface area contributed by atoms with E-state index in [0.717, 1.165) is 6.42 Å². The first-order valence-corrected chi connectivity index (χ1v) is 4.77. The molecule has 131 valence electrons. The molecule has 0 unspecified atom stereocenters. The van der Waals surface area contributed by atoms with Crippen molar-refractivity contribution in [2.45, 2.75) is 6.42 Å². The zero-order valence-electron chi connectivity index (χ0n) is 11.8. The third-order valence-electron chi connectivity index (χ3n) is 0.333. The van der Waals surface area contributed by atoms with Gasteiger partial charge in [0.15, 0.2) is 23.9 Å². The van der Waals surface area contributed by atoms with Crippen molar-refractivity contribution < 1.29 is 56.7 Å². The Bertz CT molecular complexity index is 209. The Hall–Kier alpha value is -2.20. The Kier molecular flexibility index (Phi) is 60.7. The van der Waals surface area contributed by atoms with Crippen LogP contribution in [0.25, 0.3) is 0 Å². The molecule has 0 aliphatic heterocycles. The van der Waals surface area contributed by atoms with Gasteiger partial charge in [-0.2, -0.15) is 6.42 Å². The molecule has 8 N–H and O–H groups in total. The summed E-state index contributed by atoms with van der Waals surface area (Å²) < 4.78 is 0. The first-order valence-electron chi connectivity index (χ1n) is 4.77. The average Bonchev–Trinajstić information content (AvgIpc) is 2.14. The third-order valence-corrected chi connectivity index (χ3v) is 0.333. The summed E-state index contributed by atoms with van der Waals surface area (Å²) in [5, 5.41) is 29.2. The molecule has 0 rings (SSSR count). The summed E-state index contributed by atoms with van der Waals surface area (Å²) in [6.07, 6.45) is 0.819. The van der Waals surface area contributed by atoms with Gasteiger partial charge in [-0.1, -0.05) is 0 Å². The van der Waals surface area contributed by atoms with Crippen molar-refractivity contribution in [1.29, 1.82) is 0 Å². The van der Waals surface area contributed by atoms with Crippen LogP contribution in [0.1, 0.15) is 6.42 Å². The molecule has 0 aromatic carbocycles. The minimum Gasteiger partial charge on any atom is -0.503 e. The predicted octanol–water partition coefficient (Wildman–Crippen LogP) is -0.926. The number of carboxylic acids is 4. The largest absolute Gasteiger partial charge is 5.00 e. The van der Waals surface area contributed by atoms with E-state index in [1.165, 1.54) is 0 Å². The normalized spacial score (nSPS) is 6.27. The van der Waals surface area contributed by atoms with Gasteiger partial charge in [-0.3, -0.25) is 53.4 Å². The average molecular weight is 365 g/mol. The predicted molar refractivity (Wildman–Crippen MR) is 74.1 cm³/mol. The van der Waals surface area contributed by atoms with Crippen LogP contribution in [0.5, 0.6) is 0 Å². The number of nitrogens with two attached hydrogens (primary N) is 2. The fourth-order valence-electron chi connectivity index (χ4n) is 0.0962. The maximum atomic E-state index is 8.89. The van der Waals surface area contributed by atoms with E-state index in [1.807, 2.05) is 0 Å². The van der Waals surface area contributed by atoms with E-state index in [4.69, 9.17) is 51.1 Å². The van der Waals surface area contributed by atoms with Crippen molar-refractivity contribution >= 4 is 23.9 Å². The second kappa shape index (κ2) is 36.4. The monoisotopic (exact) mass is 365 g/mol. The minimum atomic E-state index is -1.08. The minimum absolute atomic E-state index is 0. The van der Waals surface area contributed by atoms with Gasteiger partial charge >= 0.3 is 17.1 Å². The van der Waals surface area contributed by atoms with Gasteiger partial charge in [0, 0.05) is 0 Å². The molecule has 0 amide bonds. The summed E-state index contributed by atoms with van der Waals surface area (Å²) in [4.78, 5) is 35.6. The van der Waals surface area contributed by atoms with E-state index in [-0.39, 0.29) is 17.1 Å². The molecule has 0 aromatic rings. The van der Waals surface area contributed by atoms with Crippen molar-refractivity contribution in [3.63, 3.8) is 0 Å². The van der Waals surface area contributed by atoms with Gasteiger partial charge in [-0.15, -0.1) is 0 Å². The van der Waals surface area contributed by atoms with E-state index in [2.05, 4.69) is 27.7 Å². The topological polar surface area (TPSA) is 201 Å². The van der Waals surface area contributed by atoms with E-state index < -0.39 is 23.9 Å². The van der Waals surface area contributed by atoms with Crippen LogP contribution < -0.4 is 11.5 Å². The molecule has 0 heterocycles. The van der Waals surface area contributed by atoms with E-state index in [9.17, 15) is 0 Å². The van der Waals surface area contributed by atoms with Gasteiger partial charge in [0.2, 0.25) is 0 Å². The Labute approximate surface area is 140 Å². The number of rotatable bonds is 2. The van der Waals surface area contributed by atoms with Gasteiger partial charge < -0.3 is 31.9 Å². The van der Waals surface area contributed by atoms with Crippen LogP contribution in [-0.2, 0) is 36.2 Å². The van der Waals surface area contributed by atoms with E-state index in [1.54, 1.807) is 6.54 Å². The molecule has 0 saturated heterocycles. The van der Waals surface area contributed by atoms with Gasteiger partial charge in [0.1, 0.15) is 0 Å². The Morgan fingerprint density at radius 2 is 0.909 bits per heavy atom. The molecule has 0 atom stereocenters. The summed E-state index contributed by atoms with van der Waals surface area (Å²) in [5.74, 6) is -4.33. The molecule has 1 radical (unpaired) electrons. The number of aliphatic carboxylic acids is 4. The molecule has 0 aromatic heterocycles. The Balaban J connectivity index is -0.0000000361. The quantitative estimate of drug-likeness (QED) is 0.262. The van der Waals surface area contributed by atoms with E-state index in [0.29, 0.717) is 6.54 Å². The fourth-order valence-corrected chi connectivity index (χ4v) is 0.0962. The van der Waals surface area contributed by atoms with Crippen LogP contribution in [0.4, 0.5) is 0 Å². The molecular weight excluding hydrogens is 344 g/mol. The summed E-state index contributed by atoms with van der Waals surface area (Å²) >= 11 is 0. The van der Waals surface area contributed by atoms with Gasteiger partial charge in [-0.25, -0.2) is 0 Å². The summed E-state index contributed by atoms with van der Waals surface area (Å²) in [6.45, 7) is 12.4. The zero-order valence-corrected chi connectivity index (χ0v) is 12.9. The van der Waals surface area contributed by atoms with Crippen LogP contribution in [0.2, 0.25) is 0 Å². The van der Waals surface area contributed by atoms with Gasteiger partial charge in [0.25, 0.3) is 0 Å². The Morgan fingerprint density at radius 1 is 0.773 bits per heavy atom. The van der Waals surface area contributed by atoms with Crippen LogP contribution >= 0.6 is 0 Å². The summed E-state index contributed by atoms with van der Waals surface area (Å²) in [5.41, 5.74) is 9.96. The number of hydrogen-bond acceptors (Lipinski definition) is 6. The maximum Gasteiger partial charge on any atom is 5.00 e.